The van der Waals surface area contributed by atoms with Crippen LogP contribution in [-0.4, -0.2) is 36.5 Å². The number of benzene rings is 1. The van der Waals surface area contributed by atoms with E-state index in [9.17, 15) is 9.59 Å². The van der Waals surface area contributed by atoms with Crippen LogP contribution in [0.4, 0.5) is 4.79 Å². The predicted octanol–water partition coefficient (Wildman–Crippen LogP) is 3.10. The maximum atomic E-state index is 12.0. The van der Waals surface area contributed by atoms with Crippen molar-refractivity contribution in [1.82, 2.24) is 5.32 Å². The average Bonchev–Trinajstić information content (AvgIpc) is 2.49. The summed E-state index contributed by atoms with van der Waals surface area (Å²) in [6, 6.07) is 9.75. The summed E-state index contributed by atoms with van der Waals surface area (Å²) < 4.78 is 9.99. The van der Waals surface area contributed by atoms with E-state index in [4.69, 9.17) is 9.47 Å². The summed E-state index contributed by atoms with van der Waals surface area (Å²) in [7, 11) is 1.28. The number of hydrogen-bond donors (Lipinski definition) is 1. The van der Waals surface area contributed by atoms with Gasteiger partial charge in [-0.1, -0.05) is 30.3 Å². The zero-order valence-corrected chi connectivity index (χ0v) is 15.0. The fraction of sp³-hybridized carbons (Fsp3) is 0.500. The molecular weight excluding hydrogens is 308 g/mol. The molecule has 6 nitrogen and oxygen atoms in total. The first-order chi connectivity index (χ1) is 11.2. The minimum Gasteiger partial charge on any atom is -0.467 e. The van der Waals surface area contributed by atoms with Crippen LogP contribution in [0, 0.1) is 0 Å². The number of nitrogens with one attached hydrogen (secondary N) is 1. The van der Waals surface area contributed by atoms with Gasteiger partial charge in [0.05, 0.1) is 13.7 Å². The monoisotopic (exact) mass is 334 g/mol. The van der Waals surface area contributed by atoms with Crippen molar-refractivity contribution in [1.29, 1.82) is 0 Å². The van der Waals surface area contributed by atoms with E-state index in [2.05, 4.69) is 10.3 Å². The highest BCUT2D eigenvalue weighted by molar-refractivity contribution is 5.88. The Morgan fingerprint density at radius 1 is 1.17 bits per heavy atom. The molecule has 0 saturated carbocycles. The Morgan fingerprint density at radius 3 is 2.33 bits per heavy atom. The van der Waals surface area contributed by atoms with Crippen LogP contribution in [0.3, 0.4) is 0 Å². The predicted molar refractivity (Wildman–Crippen MR) is 93.0 cm³/mol. The summed E-state index contributed by atoms with van der Waals surface area (Å²) in [5.41, 5.74) is -0.826. The van der Waals surface area contributed by atoms with E-state index in [0.29, 0.717) is 6.54 Å². The lowest BCUT2D eigenvalue weighted by atomic mass is 9.99. The van der Waals surface area contributed by atoms with E-state index in [-0.39, 0.29) is 6.42 Å². The Balaban J connectivity index is 2.70. The lowest BCUT2D eigenvalue weighted by Crippen LogP contribution is -2.54. The zero-order valence-electron chi connectivity index (χ0n) is 15.0. The Hall–Kier alpha value is -2.37. The number of carbonyl (C=O) groups is 2. The van der Waals surface area contributed by atoms with Crippen LogP contribution >= 0.6 is 0 Å². The van der Waals surface area contributed by atoms with Crippen molar-refractivity contribution < 1.29 is 19.1 Å². The van der Waals surface area contributed by atoms with E-state index in [1.54, 1.807) is 33.9 Å². The molecule has 0 radical (unpaired) electrons. The van der Waals surface area contributed by atoms with E-state index < -0.39 is 23.2 Å². The highest BCUT2D eigenvalue weighted by Gasteiger charge is 2.36. The number of hydrogen-bond acceptors (Lipinski definition) is 5. The molecule has 0 heterocycles. The molecule has 132 valence electrons. The first-order valence-electron chi connectivity index (χ1n) is 7.78. The van der Waals surface area contributed by atoms with Gasteiger partial charge in [-0.3, -0.25) is 4.99 Å². The fourth-order valence-corrected chi connectivity index (χ4v) is 1.94. The number of aliphatic imine (C=N–C) groups is 1. The molecule has 1 N–H and O–H groups in total. The number of amides is 1. The number of carbonyl (C=O) groups excluding carboxylic acids is 2. The van der Waals surface area contributed by atoms with Crippen LogP contribution in [0.15, 0.2) is 35.3 Å². The van der Waals surface area contributed by atoms with Crippen LogP contribution in [0.25, 0.3) is 0 Å². The maximum Gasteiger partial charge on any atom is 0.408 e. The van der Waals surface area contributed by atoms with Gasteiger partial charge >= 0.3 is 12.1 Å². The lowest BCUT2D eigenvalue weighted by molar-refractivity contribution is -0.147. The van der Waals surface area contributed by atoms with Crippen molar-refractivity contribution in [3.05, 3.63) is 35.9 Å². The third kappa shape index (κ3) is 6.81. The fourth-order valence-electron chi connectivity index (χ4n) is 1.94. The summed E-state index contributed by atoms with van der Waals surface area (Å²) >= 11 is 0. The van der Waals surface area contributed by atoms with Crippen molar-refractivity contribution in [2.24, 2.45) is 4.99 Å². The van der Waals surface area contributed by atoms with Gasteiger partial charge in [-0.25, -0.2) is 9.59 Å². The molecule has 1 rings (SSSR count). The van der Waals surface area contributed by atoms with Gasteiger partial charge in [-0.2, -0.15) is 0 Å². The summed E-state index contributed by atoms with van der Waals surface area (Å²) in [5, 5.41) is 2.57. The minimum atomic E-state index is -1.24. The molecule has 0 aliphatic carbocycles. The van der Waals surface area contributed by atoms with Gasteiger partial charge in [-0.05, 0) is 33.3 Å². The molecule has 6 heteroatoms. The second kappa shape index (κ2) is 8.47. The molecule has 0 spiro atoms. The minimum absolute atomic E-state index is 0.200. The number of ether oxygens (including phenoxy) is 2. The van der Waals surface area contributed by atoms with Crippen molar-refractivity contribution in [2.45, 2.75) is 51.8 Å². The molecule has 1 amide bonds. The van der Waals surface area contributed by atoms with Gasteiger partial charge in [0.15, 0.2) is 0 Å². The van der Waals surface area contributed by atoms with Gasteiger partial charge in [0, 0.05) is 12.6 Å². The molecule has 0 aliphatic heterocycles. The molecule has 1 unspecified atom stereocenters. The number of methoxy groups -OCH3 is 1. The van der Waals surface area contributed by atoms with Crippen LogP contribution in [0.5, 0.6) is 0 Å². The van der Waals surface area contributed by atoms with E-state index in [1.807, 2.05) is 30.3 Å². The second-order valence-electron chi connectivity index (χ2n) is 6.66. The first-order valence-corrected chi connectivity index (χ1v) is 7.78. The van der Waals surface area contributed by atoms with Crippen LogP contribution in [0.2, 0.25) is 0 Å². The van der Waals surface area contributed by atoms with E-state index >= 15 is 0 Å². The Morgan fingerprint density at radius 2 is 1.79 bits per heavy atom. The standard InChI is InChI=1S/C18H26N2O4/c1-17(2,3)24-16(22)20-18(4,15(21)23-5)11-12-19-13-14-9-7-6-8-10-14/h6-10,12H,11,13H2,1-5H3,(H,20,22). The van der Waals surface area contributed by atoms with Crippen LogP contribution in [-0.2, 0) is 20.8 Å². The molecule has 1 aromatic rings. The van der Waals surface area contributed by atoms with Crippen molar-refractivity contribution in [2.75, 3.05) is 7.11 Å². The van der Waals surface area contributed by atoms with E-state index in [1.165, 1.54) is 7.11 Å². The van der Waals surface area contributed by atoms with Crippen LogP contribution < -0.4 is 5.32 Å². The quantitative estimate of drug-likeness (QED) is 0.640. The Labute approximate surface area is 143 Å². The Bertz CT molecular complexity index is 578. The largest absolute Gasteiger partial charge is 0.467 e. The third-order valence-corrected chi connectivity index (χ3v) is 3.16. The maximum absolute atomic E-state index is 12.0. The molecule has 0 aliphatic rings. The van der Waals surface area contributed by atoms with Gasteiger partial charge in [0.1, 0.15) is 11.1 Å². The first kappa shape index (κ1) is 19.7. The normalized spacial score (nSPS) is 14.0. The molecule has 24 heavy (non-hydrogen) atoms. The third-order valence-electron chi connectivity index (χ3n) is 3.16. The average molecular weight is 334 g/mol. The molecule has 0 bridgehead atoms. The summed E-state index contributed by atoms with van der Waals surface area (Å²) in [6.45, 7) is 7.35. The number of nitrogens with zero attached hydrogens (tertiary/aromatic N) is 1. The summed E-state index contributed by atoms with van der Waals surface area (Å²) in [6.07, 6.45) is 1.14. The highest BCUT2D eigenvalue weighted by atomic mass is 16.6. The highest BCUT2D eigenvalue weighted by Crippen LogP contribution is 2.14. The molecular formula is C18H26N2O4. The van der Waals surface area contributed by atoms with Crippen molar-refractivity contribution in [3.8, 4) is 0 Å². The van der Waals surface area contributed by atoms with Gasteiger partial charge in [-0.15, -0.1) is 0 Å². The summed E-state index contributed by atoms with van der Waals surface area (Å²) in [4.78, 5) is 28.3. The van der Waals surface area contributed by atoms with Crippen molar-refractivity contribution >= 4 is 18.3 Å². The molecule has 1 atom stereocenters. The lowest BCUT2D eigenvalue weighted by Gasteiger charge is -2.28. The number of rotatable bonds is 6. The van der Waals surface area contributed by atoms with Gasteiger partial charge in [0.2, 0.25) is 0 Å². The molecule has 0 aromatic heterocycles. The van der Waals surface area contributed by atoms with E-state index in [0.717, 1.165) is 5.56 Å². The van der Waals surface area contributed by atoms with Gasteiger partial charge < -0.3 is 14.8 Å². The number of alkyl carbamates (subject to hydrolysis) is 1. The molecule has 0 fully saturated rings. The second-order valence-corrected chi connectivity index (χ2v) is 6.66. The summed E-state index contributed by atoms with van der Waals surface area (Å²) in [5.74, 6) is -0.556. The molecule has 0 saturated heterocycles. The zero-order chi connectivity index (χ0) is 18.2. The number of esters is 1. The Kier molecular flexibility index (Phi) is 6.95. The van der Waals surface area contributed by atoms with Crippen molar-refractivity contribution in [3.63, 3.8) is 0 Å². The van der Waals surface area contributed by atoms with Crippen LogP contribution in [0.1, 0.15) is 39.7 Å². The molecule has 1 aromatic carbocycles. The van der Waals surface area contributed by atoms with Gasteiger partial charge in [0.25, 0.3) is 0 Å². The topological polar surface area (TPSA) is 77.0 Å². The SMILES string of the molecule is COC(=O)C(C)(CC=NCc1ccccc1)NC(=O)OC(C)(C)C. The smallest absolute Gasteiger partial charge is 0.408 e.